The third-order valence-corrected chi connectivity index (χ3v) is 3.37. The zero-order valence-electron chi connectivity index (χ0n) is 13.9. The van der Waals surface area contributed by atoms with E-state index in [9.17, 15) is 4.79 Å². The summed E-state index contributed by atoms with van der Waals surface area (Å²) >= 11 is 0. The molecule has 0 radical (unpaired) electrons. The fraction of sp³-hybridized carbons (Fsp3) is 0.312. The summed E-state index contributed by atoms with van der Waals surface area (Å²) in [6.07, 6.45) is 1.40. The first-order valence-corrected chi connectivity index (χ1v) is 6.99. The van der Waals surface area contributed by atoms with E-state index in [0.29, 0.717) is 28.7 Å². The molecule has 122 valence electrons. The lowest BCUT2D eigenvalue weighted by Gasteiger charge is -2.14. The van der Waals surface area contributed by atoms with Gasteiger partial charge in [0.15, 0.2) is 0 Å². The van der Waals surface area contributed by atoms with Gasteiger partial charge in [0.2, 0.25) is 0 Å². The van der Waals surface area contributed by atoms with Crippen LogP contribution >= 0.6 is 0 Å². The van der Waals surface area contributed by atoms with Crippen molar-refractivity contribution in [2.24, 2.45) is 0 Å². The zero-order chi connectivity index (χ0) is 17.0. The maximum atomic E-state index is 12.4. The molecule has 0 unspecified atom stereocenters. The fourth-order valence-electron chi connectivity index (χ4n) is 2.07. The molecule has 23 heavy (non-hydrogen) atoms. The Hall–Kier alpha value is -2.83. The minimum Gasteiger partial charge on any atom is -0.496 e. The Bertz CT molecular complexity index is 691. The Morgan fingerprint density at radius 3 is 2.22 bits per heavy atom. The summed E-state index contributed by atoms with van der Waals surface area (Å²) < 4.78 is 10.6. The van der Waals surface area contributed by atoms with E-state index in [-0.39, 0.29) is 5.91 Å². The largest absolute Gasteiger partial charge is 0.496 e. The molecule has 0 bridgehead atoms. The van der Waals surface area contributed by atoms with Gasteiger partial charge in [-0.3, -0.25) is 4.79 Å². The van der Waals surface area contributed by atoms with Gasteiger partial charge in [0.1, 0.15) is 29.5 Å². The van der Waals surface area contributed by atoms with Gasteiger partial charge in [-0.1, -0.05) is 0 Å². The molecule has 0 spiro atoms. The summed E-state index contributed by atoms with van der Waals surface area (Å²) in [6, 6.07) is 5.03. The molecule has 1 N–H and O–H groups in total. The van der Waals surface area contributed by atoms with Crippen LogP contribution in [0.4, 0.5) is 11.6 Å². The van der Waals surface area contributed by atoms with Gasteiger partial charge in [-0.05, 0) is 19.1 Å². The van der Waals surface area contributed by atoms with Crippen molar-refractivity contribution in [1.82, 2.24) is 9.97 Å². The first kappa shape index (κ1) is 16.5. The molecule has 0 fully saturated rings. The van der Waals surface area contributed by atoms with Crippen LogP contribution in [0.15, 0.2) is 24.5 Å². The number of methoxy groups -OCH3 is 2. The Labute approximate surface area is 135 Å². The predicted octanol–water partition coefficient (Wildman–Crippen LogP) is 2.12. The molecule has 0 saturated heterocycles. The minimum absolute atomic E-state index is 0.301. The van der Waals surface area contributed by atoms with E-state index in [4.69, 9.17) is 9.47 Å². The molecule has 0 atom stereocenters. The topological polar surface area (TPSA) is 76.6 Å². The molecule has 1 aromatic carbocycles. The molecule has 0 aliphatic carbocycles. The first-order valence-electron chi connectivity index (χ1n) is 6.99. The lowest BCUT2D eigenvalue weighted by Crippen LogP contribution is -2.16. The van der Waals surface area contributed by atoms with Crippen molar-refractivity contribution < 1.29 is 14.3 Å². The third kappa shape index (κ3) is 3.68. The molecular weight excluding hydrogens is 296 g/mol. The Morgan fingerprint density at radius 1 is 1.09 bits per heavy atom. The minimum atomic E-state index is -0.301. The van der Waals surface area contributed by atoms with E-state index in [1.807, 2.05) is 25.9 Å². The van der Waals surface area contributed by atoms with Gasteiger partial charge >= 0.3 is 0 Å². The normalized spacial score (nSPS) is 10.1. The first-order chi connectivity index (χ1) is 11.0. The Morgan fingerprint density at radius 2 is 1.70 bits per heavy atom. The van der Waals surface area contributed by atoms with Crippen LogP contribution < -0.4 is 19.7 Å². The molecule has 1 aromatic heterocycles. The number of carbonyl (C=O) groups is 1. The maximum Gasteiger partial charge on any atom is 0.257 e. The number of hydrogen-bond donors (Lipinski definition) is 1. The van der Waals surface area contributed by atoms with Crippen LogP contribution in [-0.2, 0) is 0 Å². The Balaban J connectivity index is 2.29. The van der Waals surface area contributed by atoms with Crippen LogP contribution in [-0.4, -0.2) is 44.2 Å². The molecule has 1 heterocycles. The van der Waals surface area contributed by atoms with Crippen LogP contribution in [0.2, 0.25) is 0 Å². The van der Waals surface area contributed by atoms with Crippen molar-refractivity contribution in [2.75, 3.05) is 38.5 Å². The average molecular weight is 316 g/mol. The van der Waals surface area contributed by atoms with Gasteiger partial charge in [0, 0.05) is 31.3 Å². The van der Waals surface area contributed by atoms with Crippen LogP contribution in [0.3, 0.4) is 0 Å². The second-order valence-electron chi connectivity index (χ2n) is 5.12. The van der Waals surface area contributed by atoms with E-state index in [1.165, 1.54) is 6.33 Å². The summed E-state index contributed by atoms with van der Waals surface area (Å²) in [5.74, 6) is 2.00. The molecule has 7 nitrogen and oxygen atoms in total. The van der Waals surface area contributed by atoms with Gasteiger partial charge in [-0.2, -0.15) is 0 Å². The molecule has 2 rings (SSSR count). The highest BCUT2D eigenvalue weighted by atomic mass is 16.5. The fourth-order valence-corrected chi connectivity index (χ4v) is 2.07. The summed E-state index contributed by atoms with van der Waals surface area (Å²) in [5, 5.41) is 2.75. The van der Waals surface area contributed by atoms with Crippen LogP contribution in [0.5, 0.6) is 11.5 Å². The highest BCUT2D eigenvalue weighted by Gasteiger charge is 2.14. The standard InChI is InChI=1S/C16H20N4O3/c1-10-12(22-4)6-11(7-13(10)23-5)16(21)19-14-8-15(20(2)3)18-9-17-14/h6-9H,1-5H3,(H,17,18,19,21). The molecule has 0 aliphatic rings. The van der Waals surface area contributed by atoms with E-state index in [0.717, 1.165) is 5.56 Å². The van der Waals surface area contributed by atoms with Gasteiger partial charge in [-0.15, -0.1) is 0 Å². The second kappa shape index (κ2) is 6.95. The maximum absolute atomic E-state index is 12.4. The number of amides is 1. The van der Waals surface area contributed by atoms with Crippen LogP contribution in [0, 0.1) is 6.92 Å². The van der Waals surface area contributed by atoms with E-state index >= 15 is 0 Å². The van der Waals surface area contributed by atoms with Crippen molar-refractivity contribution in [1.29, 1.82) is 0 Å². The number of ether oxygens (including phenoxy) is 2. The quantitative estimate of drug-likeness (QED) is 0.910. The SMILES string of the molecule is COc1cc(C(=O)Nc2cc(N(C)C)ncn2)cc(OC)c1C. The van der Waals surface area contributed by atoms with Crippen molar-refractivity contribution in [3.8, 4) is 11.5 Å². The Kier molecular flexibility index (Phi) is 5.00. The monoisotopic (exact) mass is 316 g/mol. The van der Waals surface area contributed by atoms with Crippen molar-refractivity contribution in [3.63, 3.8) is 0 Å². The van der Waals surface area contributed by atoms with Gasteiger partial charge in [-0.25, -0.2) is 9.97 Å². The van der Waals surface area contributed by atoms with Crippen molar-refractivity contribution in [3.05, 3.63) is 35.7 Å². The molecule has 7 heteroatoms. The summed E-state index contributed by atoms with van der Waals surface area (Å²) in [6.45, 7) is 1.87. The van der Waals surface area contributed by atoms with E-state index in [1.54, 1.807) is 32.4 Å². The van der Waals surface area contributed by atoms with Crippen LogP contribution in [0.1, 0.15) is 15.9 Å². The highest BCUT2D eigenvalue weighted by Crippen LogP contribution is 2.29. The van der Waals surface area contributed by atoms with E-state index < -0.39 is 0 Å². The molecule has 0 aliphatic heterocycles. The smallest absolute Gasteiger partial charge is 0.257 e. The van der Waals surface area contributed by atoms with Crippen LogP contribution in [0.25, 0.3) is 0 Å². The average Bonchev–Trinajstić information content (AvgIpc) is 2.55. The van der Waals surface area contributed by atoms with Crippen molar-refractivity contribution >= 4 is 17.5 Å². The number of anilines is 2. The zero-order valence-corrected chi connectivity index (χ0v) is 13.9. The number of benzene rings is 1. The van der Waals surface area contributed by atoms with E-state index in [2.05, 4.69) is 15.3 Å². The lowest BCUT2D eigenvalue weighted by atomic mass is 10.1. The lowest BCUT2D eigenvalue weighted by molar-refractivity contribution is 0.102. The summed E-state index contributed by atoms with van der Waals surface area (Å²) in [4.78, 5) is 22.4. The number of rotatable bonds is 5. The second-order valence-corrected chi connectivity index (χ2v) is 5.12. The number of nitrogens with one attached hydrogen (secondary N) is 1. The van der Waals surface area contributed by atoms with Gasteiger partial charge < -0.3 is 19.7 Å². The summed E-state index contributed by atoms with van der Waals surface area (Å²) in [5.41, 5.74) is 1.26. The number of carbonyl (C=O) groups excluding carboxylic acids is 1. The van der Waals surface area contributed by atoms with Gasteiger partial charge in [0.25, 0.3) is 5.91 Å². The third-order valence-electron chi connectivity index (χ3n) is 3.37. The van der Waals surface area contributed by atoms with Crippen molar-refractivity contribution in [2.45, 2.75) is 6.92 Å². The molecule has 2 aromatic rings. The molecule has 1 amide bonds. The highest BCUT2D eigenvalue weighted by molar-refractivity contribution is 6.04. The van der Waals surface area contributed by atoms with Gasteiger partial charge in [0.05, 0.1) is 14.2 Å². The number of nitrogens with zero attached hydrogens (tertiary/aromatic N) is 3. The number of hydrogen-bond acceptors (Lipinski definition) is 6. The summed E-state index contributed by atoms with van der Waals surface area (Å²) in [7, 11) is 6.84. The predicted molar refractivity (Wildman–Crippen MR) is 88.6 cm³/mol. The molecular formula is C16H20N4O3. The number of aromatic nitrogens is 2. The molecule has 0 saturated carbocycles.